The lowest BCUT2D eigenvalue weighted by molar-refractivity contribution is 0.341. The van der Waals surface area contributed by atoms with Crippen LogP contribution in [-0.2, 0) is 0 Å². The Labute approximate surface area is 119 Å². The van der Waals surface area contributed by atoms with E-state index in [9.17, 15) is 0 Å². The van der Waals surface area contributed by atoms with Crippen molar-refractivity contribution in [3.05, 3.63) is 53.1 Å². The Morgan fingerprint density at radius 2 is 1.95 bits per heavy atom. The monoisotopic (exact) mass is 275 g/mol. The molecule has 0 radical (unpaired) electrons. The molecule has 0 aliphatic carbocycles. The van der Waals surface area contributed by atoms with Gasteiger partial charge in [0.05, 0.1) is 6.61 Å². The van der Waals surface area contributed by atoms with Crippen LogP contribution in [0.2, 0.25) is 5.02 Å². The van der Waals surface area contributed by atoms with Gasteiger partial charge in [-0.2, -0.15) is 0 Å². The Balaban J connectivity index is 2.45. The highest BCUT2D eigenvalue weighted by Gasteiger charge is 2.10. The summed E-state index contributed by atoms with van der Waals surface area (Å²) in [6, 6.07) is 13.8. The third-order valence-electron chi connectivity index (χ3n) is 2.99. The number of nitrogens with two attached hydrogens (primary N) is 1. The van der Waals surface area contributed by atoms with Gasteiger partial charge in [-0.25, -0.2) is 0 Å². The van der Waals surface area contributed by atoms with Crippen molar-refractivity contribution in [1.29, 1.82) is 0 Å². The summed E-state index contributed by atoms with van der Waals surface area (Å²) in [7, 11) is 0. The van der Waals surface area contributed by atoms with Gasteiger partial charge < -0.3 is 10.5 Å². The fourth-order valence-electron chi connectivity index (χ4n) is 2.05. The fourth-order valence-corrected chi connectivity index (χ4v) is 2.40. The van der Waals surface area contributed by atoms with Crippen molar-refractivity contribution < 1.29 is 4.74 Å². The van der Waals surface area contributed by atoms with Crippen LogP contribution in [-0.4, -0.2) is 6.61 Å². The maximum absolute atomic E-state index is 6.28. The molecule has 1 unspecified atom stereocenters. The van der Waals surface area contributed by atoms with Crippen LogP contribution in [0.15, 0.2) is 42.5 Å². The number of ether oxygens (including phenoxy) is 1. The van der Waals surface area contributed by atoms with Crippen molar-refractivity contribution in [2.45, 2.75) is 19.9 Å². The molecule has 2 N–H and O–H groups in total. The van der Waals surface area contributed by atoms with Crippen LogP contribution in [0.25, 0.3) is 11.1 Å². The Morgan fingerprint density at radius 3 is 2.58 bits per heavy atom. The zero-order valence-corrected chi connectivity index (χ0v) is 11.9. The van der Waals surface area contributed by atoms with Crippen LogP contribution in [0.1, 0.15) is 25.5 Å². The van der Waals surface area contributed by atoms with E-state index in [0.717, 1.165) is 22.4 Å². The highest BCUT2D eigenvalue weighted by molar-refractivity contribution is 6.31. The fraction of sp³-hybridized carbons (Fsp3) is 0.250. The SMILES string of the molecule is CCOc1ccccc1-c1ccc(C(C)N)c(Cl)c1. The second kappa shape index (κ2) is 6.09. The average molecular weight is 276 g/mol. The molecule has 0 aromatic heterocycles. The molecule has 1 atom stereocenters. The van der Waals surface area contributed by atoms with Crippen LogP contribution in [0.5, 0.6) is 5.75 Å². The summed E-state index contributed by atoms with van der Waals surface area (Å²) in [6.45, 7) is 4.54. The van der Waals surface area contributed by atoms with Gasteiger partial charge in [0, 0.05) is 16.6 Å². The molecule has 2 aromatic carbocycles. The van der Waals surface area contributed by atoms with E-state index in [-0.39, 0.29) is 6.04 Å². The summed E-state index contributed by atoms with van der Waals surface area (Å²) in [5.74, 6) is 0.870. The predicted octanol–water partition coefficient (Wildman–Crippen LogP) is 4.43. The molecule has 0 bridgehead atoms. The summed E-state index contributed by atoms with van der Waals surface area (Å²) in [4.78, 5) is 0. The minimum atomic E-state index is -0.0660. The maximum atomic E-state index is 6.28. The first-order chi connectivity index (χ1) is 9.13. The van der Waals surface area contributed by atoms with Crippen molar-refractivity contribution in [2.24, 2.45) is 5.73 Å². The summed E-state index contributed by atoms with van der Waals surface area (Å²) in [5, 5.41) is 0.693. The first-order valence-electron chi connectivity index (χ1n) is 6.40. The zero-order chi connectivity index (χ0) is 13.8. The first-order valence-corrected chi connectivity index (χ1v) is 6.78. The highest BCUT2D eigenvalue weighted by Crippen LogP contribution is 2.33. The molecule has 0 amide bonds. The van der Waals surface area contributed by atoms with Crippen molar-refractivity contribution in [3.8, 4) is 16.9 Å². The van der Waals surface area contributed by atoms with E-state index in [1.807, 2.05) is 56.3 Å². The van der Waals surface area contributed by atoms with E-state index in [2.05, 4.69) is 0 Å². The lowest BCUT2D eigenvalue weighted by Crippen LogP contribution is -2.05. The third kappa shape index (κ3) is 3.09. The Morgan fingerprint density at radius 1 is 1.21 bits per heavy atom. The molecule has 2 aromatic rings. The molecule has 0 heterocycles. The third-order valence-corrected chi connectivity index (χ3v) is 3.32. The molecule has 0 aliphatic heterocycles. The number of halogens is 1. The van der Waals surface area contributed by atoms with Crippen LogP contribution in [0, 0.1) is 0 Å². The van der Waals surface area contributed by atoms with Crippen molar-refractivity contribution in [1.82, 2.24) is 0 Å². The molecular formula is C16H18ClNO. The van der Waals surface area contributed by atoms with Gasteiger partial charge in [-0.05, 0) is 37.1 Å². The predicted molar refractivity (Wildman–Crippen MR) is 80.7 cm³/mol. The zero-order valence-electron chi connectivity index (χ0n) is 11.2. The van der Waals surface area contributed by atoms with Crippen molar-refractivity contribution in [2.75, 3.05) is 6.61 Å². The van der Waals surface area contributed by atoms with Crippen LogP contribution in [0.4, 0.5) is 0 Å². The van der Waals surface area contributed by atoms with Crippen LogP contribution >= 0.6 is 11.6 Å². The lowest BCUT2D eigenvalue weighted by Gasteiger charge is -2.13. The van der Waals surface area contributed by atoms with E-state index in [4.69, 9.17) is 22.1 Å². The van der Waals surface area contributed by atoms with E-state index >= 15 is 0 Å². The molecule has 0 saturated carbocycles. The largest absolute Gasteiger partial charge is 0.493 e. The van der Waals surface area contributed by atoms with Gasteiger partial charge in [0.15, 0.2) is 0 Å². The maximum Gasteiger partial charge on any atom is 0.127 e. The molecule has 0 saturated heterocycles. The van der Waals surface area contributed by atoms with Crippen LogP contribution in [0.3, 0.4) is 0 Å². The van der Waals surface area contributed by atoms with Gasteiger partial charge in [0.25, 0.3) is 0 Å². The summed E-state index contributed by atoms with van der Waals surface area (Å²) in [6.07, 6.45) is 0. The molecular weight excluding hydrogens is 258 g/mol. The quantitative estimate of drug-likeness (QED) is 0.896. The number of hydrogen-bond acceptors (Lipinski definition) is 2. The van der Waals surface area contributed by atoms with Crippen LogP contribution < -0.4 is 10.5 Å². The van der Waals surface area contributed by atoms with E-state index in [1.54, 1.807) is 0 Å². The van der Waals surface area contributed by atoms with Gasteiger partial charge in [0.2, 0.25) is 0 Å². The van der Waals surface area contributed by atoms with E-state index < -0.39 is 0 Å². The Kier molecular flexibility index (Phi) is 4.46. The minimum absolute atomic E-state index is 0.0660. The van der Waals surface area contributed by atoms with Crippen molar-refractivity contribution in [3.63, 3.8) is 0 Å². The molecule has 0 aliphatic rings. The lowest BCUT2D eigenvalue weighted by atomic mass is 10.0. The van der Waals surface area contributed by atoms with Gasteiger partial charge in [-0.3, -0.25) is 0 Å². The van der Waals surface area contributed by atoms with Gasteiger partial charge in [-0.1, -0.05) is 41.9 Å². The molecule has 2 rings (SSSR count). The summed E-state index contributed by atoms with van der Waals surface area (Å²) >= 11 is 6.28. The first kappa shape index (κ1) is 13.9. The molecule has 100 valence electrons. The van der Waals surface area contributed by atoms with Crippen molar-refractivity contribution >= 4 is 11.6 Å². The number of rotatable bonds is 4. The summed E-state index contributed by atoms with van der Waals surface area (Å²) in [5.41, 5.74) is 8.91. The number of para-hydroxylation sites is 1. The number of benzene rings is 2. The topological polar surface area (TPSA) is 35.2 Å². The smallest absolute Gasteiger partial charge is 0.127 e. The number of hydrogen-bond donors (Lipinski definition) is 1. The average Bonchev–Trinajstić information content (AvgIpc) is 2.39. The van der Waals surface area contributed by atoms with Gasteiger partial charge >= 0.3 is 0 Å². The van der Waals surface area contributed by atoms with E-state index in [0.29, 0.717) is 11.6 Å². The normalized spacial score (nSPS) is 12.2. The molecule has 2 nitrogen and oxygen atoms in total. The van der Waals surface area contributed by atoms with Gasteiger partial charge in [0.1, 0.15) is 5.75 Å². The van der Waals surface area contributed by atoms with Gasteiger partial charge in [-0.15, -0.1) is 0 Å². The second-order valence-electron chi connectivity index (χ2n) is 4.45. The Bertz CT molecular complexity index is 566. The highest BCUT2D eigenvalue weighted by atomic mass is 35.5. The molecule has 0 fully saturated rings. The minimum Gasteiger partial charge on any atom is -0.493 e. The standard InChI is InChI=1S/C16H18ClNO/c1-3-19-16-7-5-4-6-14(16)12-8-9-13(11(2)18)15(17)10-12/h4-11H,3,18H2,1-2H3. The molecule has 0 spiro atoms. The summed E-state index contributed by atoms with van der Waals surface area (Å²) < 4.78 is 5.64. The molecule has 19 heavy (non-hydrogen) atoms. The second-order valence-corrected chi connectivity index (χ2v) is 4.86. The Hall–Kier alpha value is -1.51. The molecule has 3 heteroatoms. The van der Waals surface area contributed by atoms with E-state index in [1.165, 1.54) is 0 Å².